The van der Waals surface area contributed by atoms with Crippen molar-refractivity contribution < 1.29 is 9.53 Å². The van der Waals surface area contributed by atoms with Gasteiger partial charge in [-0.1, -0.05) is 0 Å². The van der Waals surface area contributed by atoms with Crippen LogP contribution >= 0.6 is 11.3 Å². The molecule has 7 nitrogen and oxygen atoms in total. The number of nitrogens with two attached hydrogens (primary N) is 1. The van der Waals surface area contributed by atoms with Crippen LogP contribution < -0.4 is 21.6 Å². The van der Waals surface area contributed by atoms with Gasteiger partial charge >= 0.3 is 0 Å². The highest BCUT2D eigenvalue weighted by atomic mass is 32.1. The number of carbonyl (C=O) groups is 1. The number of aromatic nitrogens is 2. The summed E-state index contributed by atoms with van der Waals surface area (Å²) in [6.45, 7) is 2.01. The number of nitrogens with one attached hydrogen (secondary N) is 1. The van der Waals surface area contributed by atoms with Crippen molar-refractivity contribution >= 4 is 17.2 Å². The largest absolute Gasteiger partial charge is 0.468 e. The van der Waals surface area contributed by atoms with E-state index in [9.17, 15) is 9.59 Å². The van der Waals surface area contributed by atoms with E-state index >= 15 is 0 Å². The Labute approximate surface area is 119 Å². The molecule has 1 amide bonds. The van der Waals surface area contributed by atoms with Crippen LogP contribution in [0.2, 0.25) is 0 Å². The van der Waals surface area contributed by atoms with Gasteiger partial charge in [-0.2, -0.15) is 0 Å². The fourth-order valence-electron chi connectivity index (χ4n) is 1.71. The molecular formula is C12H14N4O3S. The Hall–Kier alpha value is -2.19. The molecular weight excluding hydrogens is 280 g/mol. The van der Waals surface area contributed by atoms with Crippen LogP contribution in [0, 0.1) is 6.92 Å². The van der Waals surface area contributed by atoms with Crippen molar-refractivity contribution in [1.29, 1.82) is 0 Å². The fourth-order valence-corrected chi connectivity index (χ4v) is 2.61. The average molecular weight is 294 g/mol. The van der Waals surface area contributed by atoms with Crippen LogP contribution in [-0.4, -0.2) is 22.6 Å². The summed E-state index contributed by atoms with van der Waals surface area (Å²) in [7, 11) is 1.46. The van der Waals surface area contributed by atoms with Crippen molar-refractivity contribution in [3.8, 4) is 6.01 Å². The van der Waals surface area contributed by atoms with E-state index in [1.54, 1.807) is 19.1 Å². The van der Waals surface area contributed by atoms with Crippen LogP contribution in [0.4, 0.5) is 0 Å². The maximum absolute atomic E-state index is 12.0. The quantitative estimate of drug-likeness (QED) is 0.479. The number of hydrazine groups is 1. The van der Waals surface area contributed by atoms with Crippen molar-refractivity contribution in [2.75, 3.05) is 7.11 Å². The van der Waals surface area contributed by atoms with Crippen LogP contribution in [0.3, 0.4) is 0 Å². The third kappa shape index (κ3) is 2.86. The lowest BCUT2D eigenvalue weighted by molar-refractivity contribution is 0.0957. The molecule has 2 aromatic rings. The van der Waals surface area contributed by atoms with E-state index in [1.807, 2.05) is 0 Å². The predicted molar refractivity (Wildman–Crippen MR) is 74.9 cm³/mol. The summed E-state index contributed by atoms with van der Waals surface area (Å²) in [5.41, 5.74) is 2.46. The van der Waals surface area contributed by atoms with Crippen molar-refractivity contribution in [3.63, 3.8) is 0 Å². The second-order valence-corrected chi connectivity index (χ2v) is 5.22. The highest BCUT2D eigenvalue weighted by Gasteiger charge is 2.12. The van der Waals surface area contributed by atoms with Gasteiger partial charge in [-0.15, -0.1) is 11.3 Å². The van der Waals surface area contributed by atoms with Crippen molar-refractivity contribution in [1.82, 2.24) is 15.0 Å². The Kier molecular flexibility index (Phi) is 4.16. The van der Waals surface area contributed by atoms with E-state index in [1.165, 1.54) is 29.1 Å². The molecule has 3 N–H and O–H groups in total. The molecule has 0 fully saturated rings. The second-order valence-electron chi connectivity index (χ2n) is 4.05. The van der Waals surface area contributed by atoms with Crippen molar-refractivity contribution in [3.05, 3.63) is 44.0 Å². The van der Waals surface area contributed by atoms with E-state index < -0.39 is 0 Å². The molecule has 0 radical (unpaired) electrons. The summed E-state index contributed by atoms with van der Waals surface area (Å²) in [6.07, 6.45) is 0. The van der Waals surface area contributed by atoms with Gasteiger partial charge in [0, 0.05) is 16.6 Å². The molecule has 0 aliphatic rings. The Morgan fingerprint density at radius 3 is 2.95 bits per heavy atom. The summed E-state index contributed by atoms with van der Waals surface area (Å²) in [6, 6.07) is 5.10. The maximum Gasteiger partial charge on any atom is 0.299 e. The van der Waals surface area contributed by atoms with Crippen LogP contribution in [0.5, 0.6) is 6.01 Å². The Morgan fingerprint density at radius 1 is 1.55 bits per heavy atom. The second kappa shape index (κ2) is 5.85. The summed E-state index contributed by atoms with van der Waals surface area (Å²) >= 11 is 1.26. The lowest BCUT2D eigenvalue weighted by Gasteiger charge is -2.09. The van der Waals surface area contributed by atoms with Crippen molar-refractivity contribution in [2.45, 2.75) is 13.5 Å². The fraction of sp³-hybridized carbons (Fsp3) is 0.250. The normalized spacial score (nSPS) is 10.3. The van der Waals surface area contributed by atoms with E-state index in [-0.39, 0.29) is 24.0 Å². The van der Waals surface area contributed by atoms with Gasteiger partial charge in [-0.3, -0.25) is 19.6 Å². The van der Waals surface area contributed by atoms with Gasteiger partial charge in [-0.05, 0) is 19.1 Å². The van der Waals surface area contributed by atoms with Crippen LogP contribution in [-0.2, 0) is 6.54 Å². The summed E-state index contributed by atoms with van der Waals surface area (Å²) in [4.78, 5) is 28.8. The molecule has 0 aliphatic heterocycles. The minimum atomic E-state index is -0.359. The molecule has 2 aromatic heterocycles. The van der Waals surface area contributed by atoms with Gasteiger partial charge in [0.15, 0.2) is 0 Å². The molecule has 0 aromatic carbocycles. The molecule has 2 heterocycles. The maximum atomic E-state index is 12.0. The molecule has 0 aliphatic carbocycles. The minimum absolute atomic E-state index is 0.201. The highest BCUT2D eigenvalue weighted by molar-refractivity contribution is 7.14. The lowest BCUT2D eigenvalue weighted by atomic mass is 10.4. The monoisotopic (exact) mass is 294 g/mol. The molecule has 0 saturated carbocycles. The lowest BCUT2D eigenvalue weighted by Crippen LogP contribution is -2.29. The topological polar surface area (TPSA) is 99.2 Å². The molecule has 0 atom stereocenters. The first-order chi connectivity index (χ1) is 9.55. The Morgan fingerprint density at radius 2 is 2.30 bits per heavy atom. The van der Waals surface area contributed by atoms with Crippen LogP contribution in [0.1, 0.15) is 20.2 Å². The Balaban J connectivity index is 2.33. The number of hydrogen-bond acceptors (Lipinski definition) is 6. The number of nitrogen functional groups attached to an aromatic ring is 1. The molecule has 0 saturated heterocycles. The number of ether oxygens (including phenoxy) is 1. The van der Waals surface area contributed by atoms with E-state index in [0.717, 1.165) is 4.88 Å². The zero-order valence-electron chi connectivity index (χ0n) is 11.0. The number of aryl methyl sites for hydroxylation is 1. The van der Waals surface area contributed by atoms with Crippen LogP contribution in [0.15, 0.2) is 23.0 Å². The molecule has 106 valence electrons. The molecule has 0 bridgehead atoms. The number of nitrogens with zero attached hydrogens (tertiary/aromatic N) is 2. The molecule has 2 rings (SSSR count). The van der Waals surface area contributed by atoms with Gasteiger partial charge in [0.2, 0.25) is 0 Å². The molecule has 0 spiro atoms. The zero-order valence-corrected chi connectivity index (χ0v) is 11.9. The van der Waals surface area contributed by atoms with Gasteiger partial charge < -0.3 is 4.74 Å². The number of rotatable bonds is 4. The van der Waals surface area contributed by atoms with E-state index in [4.69, 9.17) is 10.6 Å². The third-order valence-electron chi connectivity index (χ3n) is 2.61. The minimum Gasteiger partial charge on any atom is -0.468 e. The van der Waals surface area contributed by atoms with Crippen LogP contribution in [0.25, 0.3) is 0 Å². The van der Waals surface area contributed by atoms with Gasteiger partial charge in [0.05, 0.1) is 18.5 Å². The number of hydrogen-bond donors (Lipinski definition) is 2. The SMILES string of the molecule is COc1nc(C)cc(=O)n1Cc1ccc(C(=O)NN)s1. The standard InChI is InChI=1S/C12H14N4O3S/c1-7-5-10(17)16(12(14-7)19-2)6-8-3-4-9(20-8)11(18)15-13/h3-5H,6,13H2,1-2H3,(H,15,18). The number of methoxy groups -OCH3 is 1. The van der Waals surface area contributed by atoms with E-state index in [0.29, 0.717) is 10.6 Å². The first kappa shape index (κ1) is 14.2. The molecule has 20 heavy (non-hydrogen) atoms. The van der Waals surface area contributed by atoms with Gasteiger partial charge in [0.1, 0.15) is 0 Å². The van der Waals surface area contributed by atoms with E-state index in [2.05, 4.69) is 10.4 Å². The highest BCUT2D eigenvalue weighted by Crippen LogP contribution is 2.18. The first-order valence-corrected chi connectivity index (χ1v) is 6.59. The summed E-state index contributed by atoms with van der Waals surface area (Å²) in [5, 5.41) is 0. The Bertz CT molecular complexity index is 692. The number of amides is 1. The summed E-state index contributed by atoms with van der Waals surface area (Å²) in [5.74, 6) is 4.72. The smallest absolute Gasteiger partial charge is 0.299 e. The predicted octanol–water partition coefficient (Wildman–Crippen LogP) is 0.274. The van der Waals surface area contributed by atoms with Gasteiger partial charge in [-0.25, -0.2) is 10.8 Å². The number of thiophene rings is 1. The number of carbonyl (C=O) groups excluding carboxylic acids is 1. The molecule has 0 unspecified atom stereocenters. The third-order valence-corrected chi connectivity index (χ3v) is 3.68. The zero-order chi connectivity index (χ0) is 14.7. The molecule has 8 heteroatoms. The van der Waals surface area contributed by atoms with Gasteiger partial charge in [0.25, 0.3) is 17.5 Å². The van der Waals surface area contributed by atoms with Crippen molar-refractivity contribution in [2.24, 2.45) is 5.84 Å². The average Bonchev–Trinajstić information content (AvgIpc) is 2.89. The first-order valence-electron chi connectivity index (χ1n) is 5.77. The summed E-state index contributed by atoms with van der Waals surface area (Å²) < 4.78 is 6.52.